The molecule has 5 nitrogen and oxygen atoms in total. The van der Waals surface area contributed by atoms with Gasteiger partial charge in [0, 0.05) is 18.0 Å². The van der Waals surface area contributed by atoms with Gasteiger partial charge in [-0.2, -0.15) is 0 Å². The van der Waals surface area contributed by atoms with Gasteiger partial charge in [0.25, 0.3) is 0 Å². The molecule has 2 atom stereocenters. The highest BCUT2D eigenvalue weighted by Crippen LogP contribution is 2.22. The van der Waals surface area contributed by atoms with Gasteiger partial charge in [0.15, 0.2) is 5.13 Å². The van der Waals surface area contributed by atoms with Crippen molar-refractivity contribution in [1.29, 1.82) is 0 Å². The number of nitrogens with two attached hydrogens (primary N) is 1. The van der Waals surface area contributed by atoms with Crippen molar-refractivity contribution >= 4 is 34.8 Å². The first kappa shape index (κ1) is 17.4. The zero-order chi connectivity index (χ0) is 13.8. The van der Waals surface area contributed by atoms with Crippen LogP contribution in [0.1, 0.15) is 25.5 Å². The summed E-state index contributed by atoms with van der Waals surface area (Å²) in [6.45, 7) is 6.11. The number of carbonyl (C=O) groups excluding carboxylic acids is 1. The van der Waals surface area contributed by atoms with Gasteiger partial charge in [-0.15, -0.1) is 23.7 Å². The van der Waals surface area contributed by atoms with Crippen LogP contribution in [0.5, 0.6) is 0 Å². The summed E-state index contributed by atoms with van der Waals surface area (Å²) in [4.78, 5) is 18.5. The third kappa shape index (κ3) is 4.41. The molecule has 0 aromatic carbocycles. The number of piperidine rings is 1. The molecule has 3 N–H and O–H groups in total. The minimum atomic E-state index is 0. The van der Waals surface area contributed by atoms with E-state index in [4.69, 9.17) is 5.73 Å². The van der Waals surface area contributed by atoms with Gasteiger partial charge >= 0.3 is 0 Å². The number of likely N-dealkylation sites (tertiary alicyclic amines) is 1. The van der Waals surface area contributed by atoms with Gasteiger partial charge in [0.1, 0.15) is 0 Å². The van der Waals surface area contributed by atoms with Crippen molar-refractivity contribution in [1.82, 2.24) is 9.88 Å². The fraction of sp³-hybridized carbons (Fsp3) is 0.692. The Hall–Kier alpha value is -0.690. The van der Waals surface area contributed by atoms with E-state index in [-0.39, 0.29) is 18.3 Å². The number of thiazole rings is 1. The van der Waals surface area contributed by atoms with Crippen LogP contribution in [0, 0.1) is 12.8 Å². The van der Waals surface area contributed by atoms with Crippen LogP contribution in [-0.4, -0.2) is 41.5 Å². The van der Waals surface area contributed by atoms with Crippen molar-refractivity contribution in [2.45, 2.75) is 32.7 Å². The normalized spacial score (nSPS) is 23.1. The third-order valence-electron chi connectivity index (χ3n) is 3.68. The van der Waals surface area contributed by atoms with Gasteiger partial charge in [0.2, 0.25) is 5.91 Å². The van der Waals surface area contributed by atoms with Gasteiger partial charge in [-0.25, -0.2) is 4.98 Å². The van der Waals surface area contributed by atoms with Gasteiger partial charge in [-0.1, -0.05) is 6.92 Å². The van der Waals surface area contributed by atoms with Crippen LogP contribution in [0.2, 0.25) is 0 Å². The Morgan fingerprint density at radius 2 is 2.40 bits per heavy atom. The second-order valence-corrected chi connectivity index (χ2v) is 6.09. The zero-order valence-electron chi connectivity index (χ0n) is 12.0. The molecule has 0 aliphatic carbocycles. The van der Waals surface area contributed by atoms with E-state index < -0.39 is 0 Å². The molecule has 2 heterocycles. The molecule has 1 aliphatic heterocycles. The van der Waals surface area contributed by atoms with Crippen LogP contribution in [-0.2, 0) is 4.79 Å². The number of nitrogens with one attached hydrogen (secondary N) is 1. The van der Waals surface area contributed by atoms with E-state index in [1.807, 2.05) is 12.3 Å². The van der Waals surface area contributed by atoms with Crippen LogP contribution in [0.4, 0.5) is 5.13 Å². The lowest BCUT2D eigenvalue weighted by molar-refractivity contribution is -0.118. The minimum absolute atomic E-state index is 0. The Morgan fingerprint density at radius 3 is 3.00 bits per heavy atom. The summed E-state index contributed by atoms with van der Waals surface area (Å²) < 4.78 is 0. The third-order valence-corrected chi connectivity index (χ3v) is 4.56. The fourth-order valence-electron chi connectivity index (χ4n) is 2.67. The molecule has 0 saturated carbocycles. The molecule has 1 saturated heterocycles. The van der Waals surface area contributed by atoms with Crippen molar-refractivity contribution in [3.8, 4) is 0 Å². The lowest BCUT2D eigenvalue weighted by Gasteiger charge is -2.38. The van der Waals surface area contributed by atoms with E-state index in [0.29, 0.717) is 30.2 Å². The summed E-state index contributed by atoms with van der Waals surface area (Å²) in [5.74, 6) is 0.565. The second-order valence-electron chi connectivity index (χ2n) is 5.24. The number of anilines is 1. The molecule has 1 amide bonds. The summed E-state index contributed by atoms with van der Waals surface area (Å²) in [7, 11) is 0. The number of hydrogen-bond donors (Lipinski definition) is 2. The minimum Gasteiger partial charge on any atom is -0.329 e. The highest BCUT2D eigenvalue weighted by Gasteiger charge is 2.28. The van der Waals surface area contributed by atoms with Gasteiger partial charge in [-0.05, 0) is 32.2 Å². The summed E-state index contributed by atoms with van der Waals surface area (Å²) in [5.41, 5.74) is 6.77. The molecule has 0 radical (unpaired) electrons. The molecule has 20 heavy (non-hydrogen) atoms. The highest BCUT2D eigenvalue weighted by atomic mass is 35.5. The lowest BCUT2D eigenvalue weighted by Crippen LogP contribution is -2.51. The van der Waals surface area contributed by atoms with Crippen LogP contribution in [0.15, 0.2) is 5.38 Å². The largest absolute Gasteiger partial charge is 0.329 e. The maximum absolute atomic E-state index is 12.0. The number of halogens is 1. The van der Waals surface area contributed by atoms with E-state index >= 15 is 0 Å². The van der Waals surface area contributed by atoms with Crippen LogP contribution >= 0.6 is 23.7 Å². The molecule has 0 spiro atoms. The summed E-state index contributed by atoms with van der Waals surface area (Å²) in [6, 6.07) is 0.317. The van der Waals surface area contributed by atoms with Crippen molar-refractivity contribution in [3.63, 3.8) is 0 Å². The molecule has 1 aromatic rings. The number of aryl methyl sites for hydroxylation is 1. The number of amides is 1. The fourth-order valence-corrected chi connectivity index (χ4v) is 3.37. The smallest absolute Gasteiger partial charge is 0.240 e. The predicted molar refractivity (Wildman–Crippen MR) is 85.5 cm³/mol. The number of carbonyl (C=O) groups is 1. The molecule has 1 fully saturated rings. The van der Waals surface area contributed by atoms with E-state index in [0.717, 1.165) is 18.7 Å². The molecule has 2 rings (SSSR count). The van der Waals surface area contributed by atoms with E-state index in [1.54, 1.807) is 0 Å². The number of rotatable bonds is 4. The molecule has 2 unspecified atom stereocenters. The number of hydrogen-bond acceptors (Lipinski definition) is 5. The first-order chi connectivity index (χ1) is 9.10. The standard InChI is InChI=1S/C13H22N4OS.ClH/c1-9-4-3-5-17(11(9)6-14)7-12(18)16-13-15-10(2)8-19-13;/h8-9,11H,3-7,14H2,1-2H3,(H,15,16,18);1H. The monoisotopic (exact) mass is 318 g/mol. The van der Waals surface area contributed by atoms with Gasteiger partial charge < -0.3 is 11.1 Å². The Morgan fingerprint density at radius 1 is 1.65 bits per heavy atom. The Balaban J connectivity index is 0.00000200. The average Bonchev–Trinajstić information content (AvgIpc) is 2.75. The summed E-state index contributed by atoms with van der Waals surface area (Å²) in [6.07, 6.45) is 2.34. The van der Waals surface area contributed by atoms with Gasteiger partial charge in [0.05, 0.1) is 12.2 Å². The average molecular weight is 319 g/mol. The van der Waals surface area contributed by atoms with Crippen LogP contribution in [0.25, 0.3) is 0 Å². The van der Waals surface area contributed by atoms with E-state index in [2.05, 4.69) is 22.1 Å². The predicted octanol–water partition coefficient (Wildman–Crippen LogP) is 1.87. The van der Waals surface area contributed by atoms with Crippen LogP contribution in [0.3, 0.4) is 0 Å². The SMILES string of the molecule is Cc1csc(NC(=O)CN2CCCC(C)C2CN)n1.Cl. The van der Waals surface area contributed by atoms with Crippen molar-refractivity contribution < 1.29 is 4.79 Å². The second kappa shape index (κ2) is 7.93. The molecule has 7 heteroatoms. The first-order valence-corrected chi connectivity index (χ1v) is 7.64. The van der Waals surface area contributed by atoms with Crippen LogP contribution < -0.4 is 11.1 Å². The topological polar surface area (TPSA) is 71.2 Å². The molecular weight excluding hydrogens is 296 g/mol. The number of nitrogens with zero attached hydrogens (tertiary/aromatic N) is 2. The maximum atomic E-state index is 12.0. The lowest BCUT2D eigenvalue weighted by atomic mass is 9.91. The maximum Gasteiger partial charge on any atom is 0.240 e. The summed E-state index contributed by atoms with van der Waals surface area (Å²) in [5, 5.41) is 5.46. The van der Waals surface area contributed by atoms with Crippen molar-refractivity contribution in [2.24, 2.45) is 11.7 Å². The van der Waals surface area contributed by atoms with E-state index in [1.165, 1.54) is 17.8 Å². The van der Waals surface area contributed by atoms with Crippen molar-refractivity contribution in [2.75, 3.05) is 25.0 Å². The first-order valence-electron chi connectivity index (χ1n) is 6.76. The Bertz CT molecular complexity index is 440. The molecule has 1 aliphatic rings. The quantitative estimate of drug-likeness (QED) is 0.889. The molecule has 1 aromatic heterocycles. The Labute approximate surface area is 130 Å². The zero-order valence-corrected chi connectivity index (χ0v) is 13.6. The van der Waals surface area contributed by atoms with Crippen molar-refractivity contribution in [3.05, 3.63) is 11.1 Å². The number of aromatic nitrogens is 1. The molecular formula is C13H23ClN4OS. The van der Waals surface area contributed by atoms with E-state index in [9.17, 15) is 4.79 Å². The van der Waals surface area contributed by atoms with Gasteiger partial charge in [-0.3, -0.25) is 9.69 Å². The molecule has 114 valence electrons. The highest BCUT2D eigenvalue weighted by molar-refractivity contribution is 7.13. The summed E-state index contributed by atoms with van der Waals surface area (Å²) >= 11 is 1.46. The Kier molecular flexibility index (Phi) is 6.88. The molecule has 0 bridgehead atoms.